The second-order valence-corrected chi connectivity index (χ2v) is 5.34. The molecule has 106 valence electrons. The highest BCUT2D eigenvalue weighted by Crippen LogP contribution is 2.26. The predicted octanol–water partition coefficient (Wildman–Crippen LogP) is 2.19. The molecular formula is C14H20FNO3. The number of esters is 1. The molecule has 1 unspecified atom stereocenters. The summed E-state index contributed by atoms with van der Waals surface area (Å²) in [5.74, 6) is -1.80. The fraction of sp³-hybridized carbons (Fsp3) is 0.714. The van der Waals surface area contributed by atoms with Crippen molar-refractivity contribution in [2.45, 2.75) is 44.6 Å². The third-order valence-corrected chi connectivity index (χ3v) is 3.89. The van der Waals surface area contributed by atoms with Crippen LogP contribution in [0.1, 0.15) is 38.5 Å². The van der Waals surface area contributed by atoms with E-state index in [2.05, 4.69) is 6.58 Å². The Kier molecular flexibility index (Phi) is 4.56. The van der Waals surface area contributed by atoms with E-state index in [4.69, 9.17) is 4.74 Å². The summed E-state index contributed by atoms with van der Waals surface area (Å²) in [4.78, 5) is 24.7. The number of likely N-dealkylation sites (tertiary alicyclic amines) is 1. The van der Waals surface area contributed by atoms with Crippen molar-refractivity contribution < 1.29 is 18.7 Å². The minimum absolute atomic E-state index is 0.00893. The Labute approximate surface area is 112 Å². The highest BCUT2D eigenvalue weighted by molar-refractivity contribution is 5.90. The van der Waals surface area contributed by atoms with E-state index in [0.29, 0.717) is 13.0 Å². The Morgan fingerprint density at radius 1 is 1.16 bits per heavy atom. The molecule has 1 saturated heterocycles. The van der Waals surface area contributed by atoms with Crippen molar-refractivity contribution in [3.63, 3.8) is 0 Å². The molecule has 1 heterocycles. The number of amides is 1. The molecule has 1 aliphatic heterocycles. The normalized spacial score (nSPS) is 24.3. The van der Waals surface area contributed by atoms with Gasteiger partial charge in [-0.25, -0.2) is 4.39 Å². The van der Waals surface area contributed by atoms with Crippen LogP contribution in [0.15, 0.2) is 12.4 Å². The minimum Gasteiger partial charge on any atom is -0.460 e. The van der Waals surface area contributed by atoms with E-state index < -0.39 is 11.7 Å². The van der Waals surface area contributed by atoms with Gasteiger partial charge in [0, 0.05) is 13.0 Å². The Morgan fingerprint density at radius 2 is 1.84 bits per heavy atom. The first-order valence-corrected chi connectivity index (χ1v) is 6.92. The number of hydrogen-bond acceptors (Lipinski definition) is 3. The van der Waals surface area contributed by atoms with E-state index in [1.165, 1.54) is 11.3 Å². The van der Waals surface area contributed by atoms with Gasteiger partial charge in [0.15, 0.2) is 5.83 Å². The molecule has 1 atom stereocenters. The van der Waals surface area contributed by atoms with Gasteiger partial charge in [0.1, 0.15) is 6.10 Å². The lowest BCUT2D eigenvalue weighted by atomic mass is 9.89. The Bertz CT molecular complexity index is 377. The maximum atomic E-state index is 12.7. The summed E-state index contributed by atoms with van der Waals surface area (Å²) in [6, 6.07) is 0. The molecule has 0 aromatic carbocycles. The molecule has 1 aliphatic carbocycles. The molecule has 2 aliphatic rings. The molecule has 0 aromatic rings. The SMILES string of the molecule is C=C(F)C(=O)N1CCC(OC(=O)C2CCCCC2)C1. The van der Waals surface area contributed by atoms with Crippen LogP contribution in [0.3, 0.4) is 0 Å². The third kappa shape index (κ3) is 3.55. The topological polar surface area (TPSA) is 46.6 Å². The van der Waals surface area contributed by atoms with Crippen LogP contribution in [0.4, 0.5) is 4.39 Å². The van der Waals surface area contributed by atoms with E-state index in [1.807, 2.05) is 0 Å². The highest BCUT2D eigenvalue weighted by Gasteiger charge is 2.32. The molecule has 2 fully saturated rings. The fourth-order valence-corrected chi connectivity index (χ4v) is 2.78. The molecule has 5 heteroatoms. The van der Waals surface area contributed by atoms with Crippen LogP contribution < -0.4 is 0 Å². The lowest BCUT2D eigenvalue weighted by Crippen LogP contribution is -2.32. The first-order chi connectivity index (χ1) is 9.08. The van der Waals surface area contributed by atoms with Gasteiger partial charge in [-0.05, 0) is 12.8 Å². The Hall–Kier alpha value is -1.39. The number of halogens is 1. The summed E-state index contributed by atoms with van der Waals surface area (Å²) in [6.45, 7) is 3.69. The van der Waals surface area contributed by atoms with Crippen LogP contribution in [0.25, 0.3) is 0 Å². The van der Waals surface area contributed by atoms with Gasteiger partial charge in [-0.2, -0.15) is 0 Å². The standard InChI is InChI=1S/C14H20FNO3/c1-10(15)13(17)16-8-7-12(9-16)19-14(18)11-5-3-2-4-6-11/h11-12H,1-9H2. The van der Waals surface area contributed by atoms with Gasteiger partial charge < -0.3 is 9.64 Å². The molecule has 2 rings (SSSR count). The van der Waals surface area contributed by atoms with Crippen LogP contribution >= 0.6 is 0 Å². The monoisotopic (exact) mass is 269 g/mol. The summed E-state index contributed by atoms with van der Waals surface area (Å²) in [6.07, 6.45) is 5.43. The number of carbonyl (C=O) groups excluding carboxylic acids is 2. The molecule has 4 nitrogen and oxygen atoms in total. The molecule has 0 spiro atoms. The van der Waals surface area contributed by atoms with Gasteiger partial charge in [-0.15, -0.1) is 0 Å². The number of rotatable bonds is 3. The van der Waals surface area contributed by atoms with Crippen molar-refractivity contribution in [2.75, 3.05) is 13.1 Å². The molecule has 0 bridgehead atoms. The molecule has 19 heavy (non-hydrogen) atoms. The average Bonchev–Trinajstić information content (AvgIpc) is 2.87. The zero-order valence-corrected chi connectivity index (χ0v) is 11.1. The first-order valence-electron chi connectivity index (χ1n) is 6.92. The molecule has 0 aromatic heterocycles. The van der Waals surface area contributed by atoms with Gasteiger partial charge in [0.2, 0.25) is 0 Å². The number of carbonyl (C=O) groups is 2. The summed E-state index contributed by atoms with van der Waals surface area (Å²) < 4.78 is 18.2. The van der Waals surface area contributed by atoms with Crippen molar-refractivity contribution >= 4 is 11.9 Å². The Morgan fingerprint density at radius 3 is 2.47 bits per heavy atom. The van der Waals surface area contributed by atoms with E-state index >= 15 is 0 Å². The van der Waals surface area contributed by atoms with Gasteiger partial charge in [-0.3, -0.25) is 9.59 Å². The lowest BCUT2D eigenvalue weighted by Gasteiger charge is -2.22. The van der Waals surface area contributed by atoms with Crippen LogP contribution in [0.2, 0.25) is 0 Å². The van der Waals surface area contributed by atoms with Gasteiger partial charge in [-0.1, -0.05) is 25.8 Å². The first kappa shape index (κ1) is 14.0. The summed E-state index contributed by atoms with van der Waals surface area (Å²) in [5, 5.41) is 0. The van der Waals surface area contributed by atoms with Crippen molar-refractivity contribution in [3.8, 4) is 0 Å². The second-order valence-electron chi connectivity index (χ2n) is 5.34. The van der Waals surface area contributed by atoms with Crippen LogP contribution in [0, 0.1) is 5.92 Å². The van der Waals surface area contributed by atoms with Crippen LogP contribution in [-0.2, 0) is 14.3 Å². The zero-order valence-electron chi connectivity index (χ0n) is 11.1. The number of ether oxygens (including phenoxy) is 1. The minimum atomic E-state index is -0.959. The van der Waals surface area contributed by atoms with Crippen molar-refractivity contribution in [2.24, 2.45) is 5.92 Å². The van der Waals surface area contributed by atoms with E-state index in [1.54, 1.807) is 0 Å². The largest absolute Gasteiger partial charge is 0.460 e. The van der Waals surface area contributed by atoms with Crippen LogP contribution in [-0.4, -0.2) is 36.0 Å². The molecule has 0 radical (unpaired) electrons. The fourth-order valence-electron chi connectivity index (χ4n) is 2.78. The quantitative estimate of drug-likeness (QED) is 0.583. The maximum Gasteiger partial charge on any atom is 0.309 e. The molecular weight excluding hydrogens is 249 g/mol. The molecule has 1 saturated carbocycles. The molecule has 1 amide bonds. The summed E-state index contributed by atoms with van der Waals surface area (Å²) in [7, 11) is 0. The lowest BCUT2D eigenvalue weighted by molar-refractivity contribution is -0.155. The van der Waals surface area contributed by atoms with Gasteiger partial charge in [0.25, 0.3) is 5.91 Å². The number of nitrogens with zero attached hydrogens (tertiary/aromatic N) is 1. The third-order valence-electron chi connectivity index (χ3n) is 3.89. The van der Waals surface area contributed by atoms with Crippen LogP contribution in [0.5, 0.6) is 0 Å². The van der Waals surface area contributed by atoms with Crippen molar-refractivity contribution in [1.82, 2.24) is 4.90 Å². The average molecular weight is 269 g/mol. The van der Waals surface area contributed by atoms with E-state index in [-0.39, 0.29) is 24.5 Å². The zero-order chi connectivity index (χ0) is 13.8. The molecule has 0 N–H and O–H groups in total. The summed E-state index contributed by atoms with van der Waals surface area (Å²) >= 11 is 0. The number of hydrogen-bond donors (Lipinski definition) is 0. The van der Waals surface area contributed by atoms with Gasteiger partial charge in [0.05, 0.1) is 12.5 Å². The predicted molar refractivity (Wildman–Crippen MR) is 67.9 cm³/mol. The van der Waals surface area contributed by atoms with Gasteiger partial charge >= 0.3 is 5.97 Å². The van der Waals surface area contributed by atoms with E-state index in [0.717, 1.165) is 25.7 Å². The smallest absolute Gasteiger partial charge is 0.309 e. The van der Waals surface area contributed by atoms with Crippen molar-refractivity contribution in [3.05, 3.63) is 12.4 Å². The van der Waals surface area contributed by atoms with Crippen molar-refractivity contribution in [1.29, 1.82) is 0 Å². The second kappa shape index (κ2) is 6.17. The summed E-state index contributed by atoms with van der Waals surface area (Å²) in [5.41, 5.74) is 0. The highest BCUT2D eigenvalue weighted by atomic mass is 19.1. The Balaban J connectivity index is 1.79. The maximum absolute atomic E-state index is 12.7. The van der Waals surface area contributed by atoms with E-state index in [9.17, 15) is 14.0 Å².